The van der Waals surface area contributed by atoms with Gasteiger partial charge in [0.05, 0.1) is 5.69 Å². The van der Waals surface area contributed by atoms with Gasteiger partial charge in [0.15, 0.2) is 5.75 Å². The van der Waals surface area contributed by atoms with Gasteiger partial charge in [-0.15, -0.1) is 0 Å². The Morgan fingerprint density at radius 1 is 1.50 bits per heavy atom. The molecule has 1 aromatic rings. The Balaban J connectivity index is 3.16. The summed E-state index contributed by atoms with van der Waals surface area (Å²) < 4.78 is 0. The fourth-order valence-electron chi connectivity index (χ4n) is 0.790. The Bertz CT molecular complexity index is 312. The summed E-state index contributed by atoms with van der Waals surface area (Å²) in [5, 5.41) is 9.22. The second-order valence-electron chi connectivity index (χ2n) is 2.15. The number of benzene rings is 1. The van der Waals surface area contributed by atoms with Gasteiger partial charge in [-0.1, -0.05) is 6.07 Å². The van der Waals surface area contributed by atoms with Crippen LogP contribution in [0.1, 0.15) is 10.4 Å². The van der Waals surface area contributed by atoms with Crippen LogP contribution in [0.15, 0.2) is 18.2 Å². The summed E-state index contributed by atoms with van der Waals surface area (Å²) in [6.45, 7) is 0. The van der Waals surface area contributed by atoms with Crippen molar-refractivity contribution < 1.29 is 14.7 Å². The first kappa shape index (κ1) is 8.35. The SMILES string of the molecule is NOC(=O)c1cccc(N)c1O. The van der Waals surface area contributed by atoms with Crippen LogP contribution in [-0.4, -0.2) is 11.1 Å². The Kier molecular flexibility index (Phi) is 2.16. The average Bonchev–Trinajstić information content (AvgIpc) is 2.08. The number of carbonyl (C=O) groups is 1. The molecule has 5 nitrogen and oxygen atoms in total. The fourth-order valence-corrected chi connectivity index (χ4v) is 0.790. The zero-order valence-corrected chi connectivity index (χ0v) is 6.15. The topological polar surface area (TPSA) is 98.6 Å². The lowest BCUT2D eigenvalue weighted by molar-refractivity contribution is 0.0500. The van der Waals surface area contributed by atoms with Crippen molar-refractivity contribution in [3.63, 3.8) is 0 Å². The van der Waals surface area contributed by atoms with Crippen molar-refractivity contribution in [1.29, 1.82) is 0 Å². The predicted molar refractivity (Wildman–Crippen MR) is 42.1 cm³/mol. The average molecular weight is 168 g/mol. The van der Waals surface area contributed by atoms with E-state index in [1.807, 2.05) is 0 Å². The van der Waals surface area contributed by atoms with Gasteiger partial charge < -0.3 is 15.7 Å². The highest BCUT2D eigenvalue weighted by molar-refractivity contribution is 5.94. The van der Waals surface area contributed by atoms with Gasteiger partial charge >= 0.3 is 5.97 Å². The summed E-state index contributed by atoms with van der Waals surface area (Å²) in [7, 11) is 0. The number of carbonyl (C=O) groups excluding carboxylic acids is 1. The van der Waals surface area contributed by atoms with E-state index in [9.17, 15) is 9.90 Å². The number of phenolic OH excluding ortho intramolecular Hbond substituents is 1. The number of para-hydroxylation sites is 1. The first-order valence-corrected chi connectivity index (χ1v) is 3.15. The molecular weight excluding hydrogens is 160 g/mol. The molecule has 0 aliphatic carbocycles. The summed E-state index contributed by atoms with van der Waals surface area (Å²) in [5.74, 6) is 3.49. The van der Waals surface area contributed by atoms with E-state index in [0.29, 0.717) is 0 Å². The molecule has 0 aromatic heterocycles. The Hall–Kier alpha value is -1.75. The van der Waals surface area contributed by atoms with Crippen molar-refractivity contribution in [2.45, 2.75) is 0 Å². The summed E-state index contributed by atoms with van der Waals surface area (Å²) in [5.41, 5.74) is 5.38. The van der Waals surface area contributed by atoms with Crippen molar-refractivity contribution in [3.05, 3.63) is 23.8 Å². The molecule has 0 spiro atoms. The van der Waals surface area contributed by atoms with Crippen molar-refractivity contribution >= 4 is 11.7 Å². The molecule has 5 heteroatoms. The van der Waals surface area contributed by atoms with Crippen LogP contribution < -0.4 is 11.6 Å². The van der Waals surface area contributed by atoms with Crippen LogP contribution in [0.3, 0.4) is 0 Å². The molecule has 0 fully saturated rings. The molecule has 0 unspecified atom stereocenters. The van der Waals surface area contributed by atoms with Gasteiger partial charge in [0.2, 0.25) is 0 Å². The van der Waals surface area contributed by atoms with Crippen LogP contribution in [0.25, 0.3) is 0 Å². The van der Waals surface area contributed by atoms with Crippen molar-refractivity contribution in [2.24, 2.45) is 5.90 Å². The monoisotopic (exact) mass is 168 g/mol. The fraction of sp³-hybridized carbons (Fsp3) is 0. The van der Waals surface area contributed by atoms with Crippen molar-refractivity contribution in [1.82, 2.24) is 0 Å². The molecule has 0 saturated carbocycles. The van der Waals surface area contributed by atoms with Gasteiger partial charge in [0.25, 0.3) is 0 Å². The number of phenols is 1. The van der Waals surface area contributed by atoms with Crippen LogP contribution in [0, 0.1) is 0 Å². The highest BCUT2D eigenvalue weighted by Crippen LogP contribution is 2.24. The zero-order chi connectivity index (χ0) is 9.14. The summed E-state index contributed by atoms with van der Waals surface area (Å²) in [4.78, 5) is 14.7. The van der Waals surface area contributed by atoms with E-state index < -0.39 is 5.97 Å². The second-order valence-corrected chi connectivity index (χ2v) is 2.15. The number of hydrogen-bond acceptors (Lipinski definition) is 5. The maximum Gasteiger partial charge on any atom is 0.360 e. The first-order valence-electron chi connectivity index (χ1n) is 3.15. The third kappa shape index (κ3) is 1.30. The van der Waals surface area contributed by atoms with Crippen LogP contribution in [0.5, 0.6) is 5.75 Å². The van der Waals surface area contributed by atoms with Crippen LogP contribution in [0.2, 0.25) is 0 Å². The maximum absolute atomic E-state index is 10.8. The molecule has 0 amide bonds. The highest BCUT2D eigenvalue weighted by Gasteiger charge is 2.12. The molecule has 0 heterocycles. The molecule has 1 aromatic carbocycles. The number of anilines is 1. The number of nitrogens with two attached hydrogens (primary N) is 2. The van der Waals surface area contributed by atoms with E-state index in [-0.39, 0.29) is 17.0 Å². The Morgan fingerprint density at radius 3 is 2.75 bits per heavy atom. The van der Waals surface area contributed by atoms with Gasteiger partial charge in [-0.05, 0) is 12.1 Å². The van der Waals surface area contributed by atoms with Gasteiger partial charge in [-0.2, -0.15) is 5.90 Å². The van der Waals surface area contributed by atoms with E-state index >= 15 is 0 Å². The molecule has 0 bridgehead atoms. The lowest BCUT2D eigenvalue weighted by Crippen LogP contribution is -2.10. The molecule has 0 atom stereocenters. The normalized spacial score (nSPS) is 9.42. The number of rotatable bonds is 1. The number of aromatic hydroxyl groups is 1. The maximum atomic E-state index is 10.8. The molecule has 1 rings (SSSR count). The molecule has 0 aliphatic rings. The van der Waals surface area contributed by atoms with Gasteiger partial charge in [0, 0.05) is 0 Å². The van der Waals surface area contributed by atoms with E-state index in [0.717, 1.165) is 0 Å². The zero-order valence-electron chi connectivity index (χ0n) is 6.15. The summed E-state index contributed by atoms with van der Waals surface area (Å²) in [6, 6.07) is 4.34. The molecular formula is C7H8N2O3. The Labute approximate surface area is 68.5 Å². The van der Waals surface area contributed by atoms with E-state index in [1.165, 1.54) is 18.2 Å². The third-order valence-corrected chi connectivity index (χ3v) is 1.39. The quantitative estimate of drug-likeness (QED) is 0.311. The lowest BCUT2D eigenvalue weighted by Gasteiger charge is -2.02. The minimum absolute atomic E-state index is 0.0440. The Morgan fingerprint density at radius 2 is 2.17 bits per heavy atom. The van der Waals surface area contributed by atoms with Gasteiger partial charge in [-0.3, -0.25) is 0 Å². The van der Waals surface area contributed by atoms with E-state index in [1.54, 1.807) is 0 Å². The molecule has 0 aliphatic heterocycles. The standard InChI is InChI=1S/C7H8N2O3/c8-5-3-1-2-4(6(5)10)7(11)12-9/h1-3,10H,8-9H2. The highest BCUT2D eigenvalue weighted by atomic mass is 16.7. The summed E-state index contributed by atoms with van der Waals surface area (Å²) in [6.07, 6.45) is 0. The third-order valence-electron chi connectivity index (χ3n) is 1.39. The van der Waals surface area contributed by atoms with Gasteiger partial charge in [-0.25, -0.2) is 4.79 Å². The molecule has 0 saturated heterocycles. The molecule has 5 N–H and O–H groups in total. The smallest absolute Gasteiger partial charge is 0.360 e. The van der Waals surface area contributed by atoms with Crippen LogP contribution in [0.4, 0.5) is 5.69 Å². The van der Waals surface area contributed by atoms with Crippen LogP contribution in [-0.2, 0) is 4.84 Å². The van der Waals surface area contributed by atoms with Gasteiger partial charge in [0.1, 0.15) is 5.56 Å². The first-order chi connectivity index (χ1) is 5.66. The molecule has 0 radical (unpaired) electrons. The van der Waals surface area contributed by atoms with Crippen molar-refractivity contribution in [3.8, 4) is 5.75 Å². The molecule has 12 heavy (non-hydrogen) atoms. The predicted octanol–water partition coefficient (Wildman–Crippen LogP) is 0.00490. The van der Waals surface area contributed by atoms with Crippen molar-refractivity contribution in [2.75, 3.05) is 5.73 Å². The van der Waals surface area contributed by atoms with Crippen LogP contribution >= 0.6 is 0 Å². The molecule has 64 valence electrons. The number of hydrogen-bond donors (Lipinski definition) is 3. The lowest BCUT2D eigenvalue weighted by atomic mass is 10.2. The second kappa shape index (κ2) is 3.10. The largest absolute Gasteiger partial charge is 0.505 e. The summed E-state index contributed by atoms with van der Waals surface area (Å²) >= 11 is 0. The van der Waals surface area contributed by atoms with E-state index in [4.69, 9.17) is 5.73 Å². The minimum atomic E-state index is -0.820. The van der Waals surface area contributed by atoms with E-state index in [2.05, 4.69) is 10.7 Å². The number of nitrogen functional groups attached to an aromatic ring is 1. The minimum Gasteiger partial charge on any atom is -0.505 e.